The van der Waals surface area contributed by atoms with Crippen LogP contribution in [0.15, 0.2) is 200 Å². The van der Waals surface area contributed by atoms with Gasteiger partial charge in [0, 0.05) is 54.8 Å². The van der Waals surface area contributed by atoms with Gasteiger partial charge in [-0.1, -0.05) is 141 Å². The van der Waals surface area contributed by atoms with Gasteiger partial charge in [-0.3, -0.25) is 0 Å². The molecular formula is C57H39N3. The highest BCUT2D eigenvalue weighted by Crippen LogP contribution is 2.51. The number of nitrogens with zero attached hydrogens (tertiary/aromatic N) is 3. The Bertz CT molecular complexity index is 3690. The lowest BCUT2D eigenvalue weighted by Crippen LogP contribution is -2.15. The summed E-state index contributed by atoms with van der Waals surface area (Å²) in [6, 6.07) is 74.2. The minimum Gasteiger partial charge on any atom is -0.309 e. The van der Waals surface area contributed by atoms with E-state index in [0.29, 0.717) is 0 Å². The van der Waals surface area contributed by atoms with Crippen LogP contribution in [-0.2, 0) is 5.41 Å². The number of para-hydroxylation sites is 5. The second kappa shape index (κ2) is 12.2. The Hall–Kier alpha value is -7.62. The van der Waals surface area contributed by atoms with Crippen molar-refractivity contribution < 1.29 is 0 Å². The molecule has 9 aromatic carbocycles. The molecule has 0 bridgehead atoms. The summed E-state index contributed by atoms with van der Waals surface area (Å²) in [6.07, 6.45) is 0. The number of rotatable bonds is 4. The number of aromatic nitrogens is 3. The summed E-state index contributed by atoms with van der Waals surface area (Å²) in [5.74, 6) is 0. The molecule has 0 saturated carbocycles. The Kier molecular flexibility index (Phi) is 6.78. The van der Waals surface area contributed by atoms with Crippen LogP contribution in [0.2, 0.25) is 0 Å². The van der Waals surface area contributed by atoms with E-state index in [1.165, 1.54) is 98.8 Å². The van der Waals surface area contributed by atoms with Gasteiger partial charge in [-0.25, -0.2) is 0 Å². The summed E-state index contributed by atoms with van der Waals surface area (Å²) in [7, 11) is 0. The van der Waals surface area contributed by atoms with Crippen LogP contribution in [0.25, 0.3) is 105 Å². The lowest BCUT2D eigenvalue weighted by Gasteiger charge is -2.22. The molecule has 3 heteroatoms. The Balaban J connectivity index is 1.16. The van der Waals surface area contributed by atoms with Gasteiger partial charge in [0.05, 0.1) is 33.1 Å². The standard InChI is InChI=1S/C57H39N3/c1-57(2)48-25-11-6-19-41(48)46-34-47-44-22-9-14-28-52(44)60(55(47)35-49(46)57)39-32-36(31-38(33-39)59-50-26-12-7-20-42(50)43-21-8-13-27-51(43)59)40-24-16-30-54-56(40)45-23-10-15-29-53(45)58(54)37-17-4-3-5-18-37/h3-35H,1-2H3. The highest BCUT2D eigenvalue weighted by molar-refractivity contribution is 6.17. The summed E-state index contributed by atoms with van der Waals surface area (Å²) >= 11 is 0. The predicted octanol–water partition coefficient (Wildman–Crippen LogP) is 15.0. The fourth-order valence-corrected chi connectivity index (χ4v) is 10.8. The summed E-state index contributed by atoms with van der Waals surface area (Å²) in [5.41, 5.74) is 18.3. The molecule has 0 N–H and O–H groups in total. The van der Waals surface area contributed by atoms with E-state index in [1.807, 2.05) is 0 Å². The van der Waals surface area contributed by atoms with Crippen LogP contribution in [0, 0.1) is 0 Å². The minimum atomic E-state index is -0.125. The van der Waals surface area contributed by atoms with Crippen LogP contribution in [0.3, 0.4) is 0 Å². The van der Waals surface area contributed by atoms with E-state index in [2.05, 4.69) is 228 Å². The van der Waals surface area contributed by atoms with Crippen molar-refractivity contribution in [3.05, 3.63) is 211 Å². The molecule has 0 fully saturated rings. The van der Waals surface area contributed by atoms with Gasteiger partial charge >= 0.3 is 0 Å². The fraction of sp³-hybridized carbons (Fsp3) is 0.0526. The van der Waals surface area contributed by atoms with Gasteiger partial charge in [-0.05, 0) is 106 Å². The smallest absolute Gasteiger partial charge is 0.0547 e. The first-order chi connectivity index (χ1) is 29.5. The van der Waals surface area contributed by atoms with Gasteiger partial charge < -0.3 is 13.7 Å². The number of hydrogen-bond acceptors (Lipinski definition) is 0. The molecular weight excluding hydrogens is 727 g/mol. The molecule has 12 aromatic rings. The van der Waals surface area contributed by atoms with Crippen LogP contribution in [0.1, 0.15) is 25.0 Å². The first-order valence-corrected chi connectivity index (χ1v) is 20.9. The summed E-state index contributed by atoms with van der Waals surface area (Å²) < 4.78 is 7.41. The zero-order valence-corrected chi connectivity index (χ0v) is 33.4. The number of benzene rings is 9. The zero-order valence-electron chi connectivity index (χ0n) is 33.4. The molecule has 3 heterocycles. The van der Waals surface area contributed by atoms with Crippen molar-refractivity contribution in [1.29, 1.82) is 0 Å². The van der Waals surface area contributed by atoms with Crippen molar-refractivity contribution in [2.45, 2.75) is 19.3 Å². The average molecular weight is 766 g/mol. The molecule has 1 aliphatic carbocycles. The van der Waals surface area contributed by atoms with E-state index in [1.54, 1.807) is 0 Å². The summed E-state index contributed by atoms with van der Waals surface area (Å²) in [6.45, 7) is 4.76. The second-order valence-electron chi connectivity index (χ2n) is 16.9. The van der Waals surface area contributed by atoms with Gasteiger partial charge in [0.2, 0.25) is 0 Å². The van der Waals surface area contributed by atoms with Crippen molar-refractivity contribution in [2.75, 3.05) is 0 Å². The third kappa shape index (κ3) is 4.49. The van der Waals surface area contributed by atoms with Crippen LogP contribution >= 0.6 is 0 Å². The highest BCUT2D eigenvalue weighted by atomic mass is 15.0. The molecule has 0 unspecified atom stereocenters. The van der Waals surface area contributed by atoms with Crippen molar-refractivity contribution in [2.24, 2.45) is 0 Å². The predicted molar refractivity (Wildman–Crippen MR) is 252 cm³/mol. The Labute approximate surface area is 347 Å². The van der Waals surface area contributed by atoms with E-state index in [-0.39, 0.29) is 5.41 Å². The molecule has 0 spiro atoms. The van der Waals surface area contributed by atoms with Crippen molar-refractivity contribution in [3.63, 3.8) is 0 Å². The number of fused-ring (bicyclic) bond motifs is 12. The molecule has 3 aromatic heterocycles. The van der Waals surface area contributed by atoms with E-state index >= 15 is 0 Å². The SMILES string of the molecule is CC1(C)c2ccccc2-c2cc3c4ccccc4n(-c4cc(-c5cccc6c5c5ccccc5n6-c5ccccc5)cc(-n5c6ccccc6c6ccccc65)c4)c3cc21. The Morgan fingerprint density at radius 1 is 0.300 bits per heavy atom. The van der Waals surface area contributed by atoms with E-state index in [0.717, 1.165) is 17.1 Å². The highest BCUT2D eigenvalue weighted by Gasteiger charge is 2.36. The zero-order chi connectivity index (χ0) is 39.7. The summed E-state index contributed by atoms with van der Waals surface area (Å²) in [5, 5.41) is 7.53. The van der Waals surface area contributed by atoms with Gasteiger partial charge in [-0.2, -0.15) is 0 Å². The maximum Gasteiger partial charge on any atom is 0.0547 e. The molecule has 0 amide bonds. The Morgan fingerprint density at radius 2 is 0.783 bits per heavy atom. The molecule has 3 nitrogen and oxygen atoms in total. The third-order valence-electron chi connectivity index (χ3n) is 13.4. The first kappa shape index (κ1) is 33.4. The molecule has 282 valence electrons. The monoisotopic (exact) mass is 765 g/mol. The van der Waals surface area contributed by atoms with Crippen LogP contribution < -0.4 is 0 Å². The minimum absolute atomic E-state index is 0.125. The summed E-state index contributed by atoms with van der Waals surface area (Å²) in [4.78, 5) is 0. The van der Waals surface area contributed by atoms with Crippen LogP contribution in [0.5, 0.6) is 0 Å². The van der Waals surface area contributed by atoms with Gasteiger partial charge in [-0.15, -0.1) is 0 Å². The largest absolute Gasteiger partial charge is 0.309 e. The lowest BCUT2D eigenvalue weighted by molar-refractivity contribution is 0.661. The van der Waals surface area contributed by atoms with Crippen LogP contribution in [-0.4, -0.2) is 13.7 Å². The second-order valence-corrected chi connectivity index (χ2v) is 16.9. The molecule has 60 heavy (non-hydrogen) atoms. The van der Waals surface area contributed by atoms with Gasteiger partial charge in [0.15, 0.2) is 0 Å². The van der Waals surface area contributed by atoms with E-state index < -0.39 is 0 Å². The Morgan fingerprint density at radius 3 is 1.45 bits per heavy atom. The quantitative estimate of drug-likeness (QED) is 0.169. The third-order valence-corrected chi connectivity index (χ3v) is 13.4. The van der Waals surface area contributed by atoms with E-state index in [9.17, 15) is 0 Å². The molecule has 0 radical (unpaired) electrons. The van der Waals surface area contributed by atoms with Crippen LogP contribution in [0.4, 0.5) is 0 Å². The molecule has 0 aliphatic heterocycles. The maximum absolute atomic E-state index is 2.53. The van der Waals surface area contributed by atoms with Crippen molar-refractivity contribution in [3.8, 4) is 39.3 Å². The van der Waals surface area contributed by atoms with Crippen molar-refractivity contribution >= 4 is 65.4 Å². The first-order valence-electron chi connectivity index (χ1n) is 20.9. The lowest BCUT2D eigenvalue weighted by atomic mass is 9.82. The molecule has 13 rings (SSSR count). The number of hydrogen-bond donors (Lipinski definition) is 0. The topological polar surface area (TPSA) is 14.8 Å². The molecule has 0 atom stereocenters. The van der Waals surface area contributed by atoms with E-state index in [4.69, 9.17) is 0 Å². The van der Waals surface area contributed by atoms with Crippen molar-refractivity contribution in [1.82, 2.24) is 13.7 Å². The normalized spacial score (nSPS) is 13.3. The molecule has 0 saturated heterocycles. The van der Waals surface area contributed by atoms with Gasteiger partial charge in [0.25, 0.3) is 0 Å². The molecule has 1 aliphatic rings. The maximum atomic E-state index is 2.53. The van der Waals surface area contributed by atoms with Gasteiger partial charge in [0.1, 0.15) is 0 Å². The fourth-order valence-electron chi connectivity index (χ4n) is 10.8. The average Bonchev–Trinajstić information content (AvgIpc) is 3.99.